The van der Waals surface area contributed by atoms with Gasteiger partial charge >= 0.3 is 5.97 Å². The van der Waals surface area contributed by atoms with Crippen LogP contribution in [0.3, 0.4) is 0 Å². The molecule has 0 saturated heterocycles. The molecule has 0 aliphatic heterocycles. The summed E-state index contributed by atoms with van der Waals surface area (Å²) in [6.45, 7) is 7.52. The van der Waals surface area contributed by atoms with Gasteiger partial charge in [0.05, 0.1) is 17.0 Å². The fourth-order valence-electron chi connectivity index (χ4n) is 2.03. The van der Waals surface area contributed by atoms with Crippen LogP contribution in [0.1, 0.15) is 51.2 Å². The van der Waals surface area contributed by atoms with Crippen LogP contribution < -0.4 is 5.32 Å². The number of amides is 1. The van der Waals surface area contributed by atoms with Crippen LogP contribution >= 0.6 is 11.3 Å². The Hall–Kier alpha value is -2.47. The SMILES string of the molecule is Cc1ccc(C(=O)OCC(=O)c2ccc(CNC(=O)C(C)(C)C)s2)cc1. The Morgan fingerprint density at radius 1 is 1.04 bits per heavy atom. The van der Waals surface area contributed by atoms with Crippen molar-refractivity contribution in [3.05, 3.63) is 57.3 Å². The van der Waals surface area contributed by atoms with Crippen molar-refractivity contribution < 1.29 is 19.1 Å². The lowest BCUT2D eigenvalue weighted by Gasteiger charge is -2.17. The molecule has 0 radical (unpaired) electrons. The summed E-state index contributed by atoms with van der Waals surface area (Å²) in [4.78, 5) is 37.4. The van der Waals surface area contributed by atoms with Crippen molar-refractivity contribution in [2.45, 2.75) is 34.2 Å². The van der Waals surface area contributed by atoms with Crippen LogP contribution in [0.15, 0.2) is 36.4 Å². The summed E-state index contributed by atoms with van der Waals surface area (Å²) in [6.07, 6.45) is 0. The Morgan fingerprint density at radius 2 is 1.69 bits per heavy atom. The van der Waals surface area contributed by atoms with Crippen LogP contribution in [0.4, 0.5) is 0 Å². The molecular formula is C20H23NO4S. The highest BCUT2D eigenvalue weighted by Crippen LogP contribution is 2.19. The summed E-state index contributed by atoms with van der Waals surface area (Å²) in [6, 6.07) is 10.5. The molecule has 1 amide bonds. The largest absolute Gasteiger partial charge is 0.454 e. The monoisotopic (exact) mass is 373 g/mol. The van der Waals surface area contributed by atoms with E-state index in [9.17, 15) is 14.4 Å². The van der Waals surface area contributed by atoms with E-state index in [4.69, 9.17) is 4.74 Å². The van der Waals surface area contributed by atoms with Gasteiger partial charge in [0.25, 0.3) is 0 Å². The van der Waals surface area contributed by atoms with Crippen LogP contribution in [-0.4, -0.2) is 24.3 Å². The maximum atomic E-state index is 12.2. The molecular weight excluding hydrogens is 350 g/mol. The van der Waals surface area contributed by atoms with E-state index in [-0.39, 0.29) is 18.3 Å². The van der Waals surface area contributed by atoms with Gasteiger partial charge in [0.1, 0.15) is 0 Å². The maximum Gasteiger partial charge on any atom is 0.338 e. The Labute approximate surface area is 157 Å². The molecule has 0 atom stereocenters. The van der Waals surface area contributed by atoms with Crippen molar-refractivity contribution in [1.82, 2.24) is 5.32 Å². The molecule has 1 aromatic heterocycles. The topological polar surface area (TPSA) is 72.5 Å². The Morgan fingerprint density at radius 3 is 2.31 bits per heavy atom. The maximum absolute atomic E-state index is 12.2. The van der Waals surface area contributed by atoms with Crippen molar-refractivity contribution in [3.63, 3.8) is 0 Å². The standard InChI is InChI=1S/C20H23NO4S/c1-13-5-7-14(8-6-13)18(23)25-12-16(22)17-10-9-15(26-17)11-21-19(24)20(2,3)4/h5-10H,11-12H2,1-4H3,(H,21,24). The number of benzene rings is 1. The first-order valence-electron chi connectivity index (χ1n) is 8.31. The number of thiophene rings is 1. The highest BCUT2D eigenvalue weighted by Gasteiger charge is 2.21. The first-order valence-corrected chi connectivity index (χ1v) is 9.12. The van der Waals surface area contributed by atoms with Gasteiger partial charge in [-0.3, -0.25) is 9.59 Å². The van der Waals surface area contributed by atoms with Gasteiger partial charge in [-0.2, -0.15) is 0 Å². The molecule has 1 N–H and O–H groups in total. The highest BCUT2D eigenvalue weighted by molar-refractivity contribution is 7.14. The van der Waals surface area contributed by atoms with Gasteiger partial charge in [0.15, 0.2) is 6.61 Å². The van der Waals surface area contributed by atoms with Gasteiger partial charge in [0.2, 0.25) is 11.7 Å². The zero-order valence-corrected chi connectivity index (χ0v) is 16.2. The molecule has 1 heterocycles. The van der Waals surface area contributed by atoms with Crippen molar-refractivity contribution in [2.75, 3.05) is 6.61 Å². The van der Waals surface area contributed by atoms with Gasteiger partial charge in [0, 0.05) is 10.3 Å². The number of ether oxygens (including phenoxy) is 1. The van der Waals surface area contributed by atoms with Crippen LogP contribution in [0.5, 0.6) is 0 Å². The zero-order chi connectivity index (χ0) is 19.3. The van der Waals surface area contributed by atoms with Crippen LogP contribution in [0.25, 0.3) is 0 Å². The average molecular weight is 373 g/mol. The molecule has 2 rings (SSSR count). The number of carbonyl (C=O) groups is 3. The molecule has 26 heavy (non-hydrogen) atoms. The minimum atomic E-state index is -0.521. The summed E-state index contributed by atoms with van der Waals surface area (Å²) in [7, 11) is 0. The van der Waals surface area contributed by atoms with Gasteiger partial charge in [-0.1, -0.05) is 38.5 Å². The van der Waals surface area contributed by atoms with E-state index in [1.807, 2.05) is 39.8 Å². The lowest BCUT2D eigenvalue weighted by Crippen LogP contribution is -2.34. The minimum absolute atomic E-state index is 0.0502. The van der Waals surface area contributed by atoms with E-state index < -0.39 is 11.4 Å². The number of hydrogen-bond acceptors (Lipinski definition) is 5. The number of Topliss-reactive ketones (excluding diaryl/α,β-unsaturated/α-hetero) is 1. The van der Waals surface area contributed by atoms with E-state index in [0.29, 0.717) is 17.0 Å². The number of carbonyl (C=O) groups excluding carboxylic acids is 3. The first-order chi connectivity index (χ1) is 12.2. The van der Waals surface area contributed by atoms with Gasteiger partial charge in [-0.05, 0) is 31.2 Å². The van der Waals surface area contributed by atoms with Gasteiger partial charge in [-0.25, -0.2) is 4.79 Å². The molecule has 2 aromatic rings. The number of esters is 1. The lowest BCUT2D eigenvalue weighted by molar-refractivity contribution is -0.128. The molecule has 138 valence electrons. The molecule has 0 saturated carbocycles. The predicted molar refractivity (Wildman–Crippen MR) is 101 cm³/mol. The molecule has 0 bridgehead atoms. The Balaban J connectivity index is 1.86. The molecule has 6 heteroatoms. The summed E-state index contributed by atoms with van der Waals surface area (Å²) in [5.74, 6) is -0.831. The molecule has 0 unspecified atom stereocenters. The smallest absolute Gasteiger partial charge is 0.338 e. The van der Waals surface area contributed by atoms with E-state index in [1.165, 1.54) is 11.3 Å². The van der Waals surface area contributed by atoms with Crippen molar-refractivity contribution in [1.29, 1.82) is 0 Å². The first kappa shape index (κ1) is 19.8. The highest BCUT2D eigenvalue weighted by atomic mass is 32.1. The fraction of sp³-hybridized carbons (Fsp3) is 0.350. The second kappa shape index (κ2) is 8.27. The van der Waals surface area contributed by atoms with Crippen molar-refractivity contribution in [3.8, 4) is 0 Å². The third kappa shape index (κ3) is 5.52. The van der Waals surface area contributed by atoms with Crippen molar-refractivity contribution in [2.24, 2.45) is 5.41 Å². The summed E-state index contributed by atoms with van der Waals surface area (Å²) in [5.41, 5.74) is 1.00. The second-order valence-corrected chi connectivity index (χ2v) is 8.23. The zero-order valence-electron chi connectivity index (χ0n) is 15.4. The van der Waals surface area contributed by atoms with E-state index in [0.717, 1.165) is 10.4 Å². The number of rotatable bonds is 6. The fourth-order valence-corrected chi connectivity index (χ4v) is 2.90. The predicted octanol–water partition coefficient (Wildman–Crippen LogP) is 3.76. The minimum Gasteiger partial charge on any atom is -0.454 e. The lowest BCUT2D eigenvalue weighted by atomic mass is 9.96. The Bertz CT molecular complexity index is 800. The number of aryl methyl sites for hydroxylation is 1. The van der Waals surface area contributed by atoms with E-state index >= 15 is 0 Å². The number of nitrogens with one attached hydrogen (secondary N) is 1. The van der Waals surface area contributed by atoms with Crippen LogP contribution in [-0.2, 0) is 16.1 Å². The molecule has 0 aliphatic carbocycles. The molecule has 5 nitrogen and oxygen atoms in total. The average Bonchev–Trinajstić information content (AvgIpc) is 3.06. The van der Waals surface area contributed by atoms with Crippen LogP contribution in [0.2, 0.25) is 0 Å². The summed E-state index contributed by atoms with van der Waals surface area (Å²) in [5, 5.41) is 2.84. The summed E-state index contributed by atoms with van der Waals surface area (Å²) >= 11 is 1.29. The summed E-state index contributed by atoms with van der Waals surface area (Å²) < 4.78 is 5.08. The molecule has 0 fully saturated rings. The third-order valence-electron chi connectivity index (χ3n) is 3.66. The number of hydrogen-bond donors (Lipinski definition) is 1. The molecule has 1 aromatic carbocycles. The van der Waals surface area contributed by atoms with E-state index in [1.54, 1.807) is 24.3 Å². The van der Waals surface area contributed by atoms with Gasteiger partial charge in [-0.15, -0.1) is 11.3 Å². The molecule has 0 spiro atoms. The number of ketones is 1. The second-order valence-electron chi connectivity index (χ2n) is 7.06. The third-order valence-corrected chi connectivity index (χ3v) is 4.79. The Kier molecular flexibility index (Phi) is 6.32. The van der Waals surface area contributed by atoms with Crippen molar-refractivity contribution >= 4 is 29.0 Å². The van der Waals surface area contributed by atoms with E-state index in [2.05, 4.69) is 5.32 Å². The quantitative estimate of drug-likeness (QED) is 0.618. The van der Waals surface area contributed by atoms with Crippen LogP contribution in [0, 0.1) is 12.3 Å². The molecule has 0 aliphatic rings. The normalized spacial score (nSPS) is 11.1. The van der Waals surface area contributed by atoms with Gasteiger partial charge < -0.3 is 10.1 Å².